The van der Waals surface area contributed by atoms with Gasteiger partial charge in [-0.1, -0.05) is 49.0 Å². The molecule has 0 N–H and O–H groups in total. The fourth-order valence-electron chi connectivity index (χ4n) is 3.57. The molecule has 0 radical (unpaired) electrons. The van der Waals surface area contributed by atoms with Crippen molar-refractivity contribution in [2.24, 2.45) is 0 Å². The van der Waals surface area contributed by atoms with Crippen molar-refractivity contribution in [2.75, 3.05) is 0 Å². The molecule has 0 fully saturated rings. The van der Waals surface area contributed by atoms with Crippen LogP contribution in [0.4, 0.5) is 0 Å². The lowest BCUT2D eigenvalue weighted by Gasteiger charge is -2.12. The molecule has 30 heavy (non-hydrogen) atoms. The topological polar surface area (TPSA) is 26.3 Å². The first-order valence-corrected chi connectivity index (χ1v) is 11.3. The summed E-state index contributed by atoms with van der Waals surface area (Å²) in [6.45, 7) is 5.38. The standard InChI is InChI=1S/C26H18O2S2/c1-16(2)26(27)28-23-12-11-17(21-14-29-24-9-5-3-7-18(21)24)13-20(23)22-15-30-25-10-6-4-8-19(22)25/h3-15H,1H2,2H3. The molecule has 3 aromatic carbocycles. The van der Waals surface area contributed by atoms with Crippen LogP contribution in [0.25, 0.3) is 42.4 Å². The van der Waals surface area contributed by atoms with Gasteiger partial charge in [-0.3, -0.25) is 0 Å². The van der Waals surface area contributed by atoms with E-state index in [4.69, 9.17) is 4.74 Å². The van der Waals surface area contributed by atoms with Gasteiger partial charge in [0.1, 0.15) is 5.75 Å². The molecule has 0 aliphatic rings. The van der Waals surface area contributed by atoms with Crippen LogP contribution in [0.3, 0.4) is 0 Å². The van der Waals surface area contributed by atoms with Crippen molar-refractivity contribution in [1.82, 2.24) is 0 Å². The third-order valence-corrected chi connectivity index (χ3v) is 7.02. The number of carbonyl (C=O) groups is 1. The second kappa shape index (κ2) is 7.56. The molecule has 0 bridgehead atoms. The van der Waals surface area contributed by atoms with Gasteiger partial charge in [0.05, 0.1) is 0 Å². The van der Waals surface area contributed by atoms with E-state index in [1.54, 1.807) is 29.6 Å². The van der Waals surface area contributed by atoms with Gasteiger partial charge in [-0.05, 0) is 47.5 Å². The Labute approximate surface area is 182 Å². The van der Waals surface area contributed by atoms with E-state index in [1.807, 2.05) is 24.3 Å². The first kappa shape index (κ1) is 18.8. The van der Waals surface area contributed by atoms with Crippen molar-refractivity contribution in [2.45, 2.75) is 6.92 Å². The highest BCUT2D eigenvalue weighted by Gasteiger charge is 2.17. The zero-order chi connectivity index (χ0) is 20.7. The molecule has 0 spiro atoms. The Morgan fingerprint density at radius 1 is 0.800 bits per heavy atom. The van der Waals surface area contributed by atoms with Crippen LogP contribution in [0.2, 0.25) is 0 Å². The van der Waals surface area contributed by atoms with Gasteiger partial charge in [0.15, 0.2) is 0 Å². The SMILES string of the molecule is C=C(C)C(=O)Oc1ccc(-c2csc3ccccc23)cc1-c1csc2ccccc12. The number of ether oxygens (including phenoxy) is 1. The van der Waals surface area contributed by atoms with Crippen molar-refractivity contribution in [3.05, 3.63) is 89.6 Å². The number of hydrogen-bond acceptors (Lipinski definition) is 4. The second-order valence-corrected chi connectivity index (χ2v) is 8.99. The smallest absolute Gasteiger partial charge is 0.338 e. The highest BCUT2D eigenvalue weighted by molar-refractivity contribution is 7.18. The molecule has 5 rings (SSSR count). The first-order chi connectivity index (χ1) is 14.6. The maximum absolute atomic E-state index is 12.3. The van der Waals surface area contributed by atoms with Crippen molar-refractivity contribution in [3.63, 3.8) is 0 Å². The Kier molecular flexibility index (Phi) is 4.74. The lowest BCUT2D eigenvalue weighted by atomic mass is 9.97. The number of hydrogen-bond donors (Lipinski definition) is 0. The van der Waals surface area contributed by atoms with E-state index in [9.17, 15) is 4.79 Å². The van der Waals surface area contributed by atoms with Crippen LogP contribution >= 0.6 is 22.7 Å². The van der Waals surface area contributed by atoms with E-state index >= 15 is 0 Å². The highest BCUT2D eigenvalue weighted by atomic mass is 32.1. The number of rotatable bonds is 4. The molecule has 0 aliphatic heterocycles. The van der Waals surface area contributed by atoms with Gasteiger partial charge in [0, 0.05) is 42.4 Å². The van der Waals surface area contributed by atoms with Crippen molar-refractivity contribution in [1.29, 1.82) is 0 Å². The van der Waals surface area contributed by atoms with Crippen LogP contribution in [-0.2, 0) is 4.79 Å². The maximum atomic E-state index is 12.3. The summed E-state index contributed by atoms with van der Waals surface area (Å²) in [5, 5.41) is 6.71. The van der Waals surface area contributed by atoms with E-state index in [2.05, 4.69) is 59.8 Å². The fourth-order valence-corrected chi connectivity index (χ4v) is 5.50. The van der Waals surface area contributed by atoms with Gasteiger partial charge in [0.25, 0.3) is 0 Å². The number of esters is 1. The molecular weight excluding hydrogens is 408 g/mol. The van der Waals surface area contributed by atoms with Gasteiger partial charge in [0.2, 0.25) is 0 Å². The van der Waals surface area contributed by atoms with Crippen LogP contribution in [-0.4, -0.2) is 5.97 Å². The van der Waals surface area contributed by atoms with Crippen LogP contribution < -0.4 is 4.74 Å². The Morgan fingerprint density at radius 3 is 2.07 bits per heavy atom. The molecule has 0 aliphatic carbocycles. The van der Waals surface area contributed by atoms with Gasteiger partial charge in [-0.15, -0.1) is 22.7 Å². The van der Waals surface area contributed by atoms with E-state index in [-0.39, 0.29) is 0 Å². The summed E-state index contributed by atoms with van der Waals surface area (Å²) < 4.78 is 8.17. The van der Waals surface area contributed by atoms with Crippen LogP contribution in [0.1, 0.15) is 6.92 Å². The predicted molar refractivity (Wildman–Crippen MR) is 129 cm³/mol. The number of benzene rings is 3. The van der Waals surface area contributed by atoms with Crippen molar-refractivity contribution < 1.29 is 9.53 Å². The van der Waals surface area contributed by atoms with Crippen LogP contribution in [0.5, 0.6) is 5.75 Å². The molecule has 2 aromatic heterocycles. The van der Waals surface area contributed by atoms with Crippen molar-refractivity contribution >= 4 is 48.8 Å². The summed E-state index contributed by atoms with van der Waals surface area (Å²) in [5.74, 6) is 0.138. The first-order valence-electron chi connectivity index (χ1n) is 9.57. The molecule has 2 nitrogen and oxygen atoms in total. The highest BCUT2D eigenvalue weighted by Crippen LogP contribution is 2.42. The molecular formula is C26H18O2S2. The zero-order valence-electron chi connectivity index (χ0n) is 16.3. The van der Waals surface area contributed by atoms with Gasteiger partial charge in [-0.25, -0.2) is 4.79 Å². The molecule has 4 heteroatoms. The largest absolute Gasteiger partial charge is 0.423 e. The molecule has 5 aromatic rings. The Hall–Kier alpha value is -3.21. The number of fused-ring (bicyclic) bond motifs is 2. The Morgan fingerprint density at radius 2 is 1.40 bits per heavy atom. The average molecular weight is 427 g/mol. The fraction of sp³-hybridized carbons (Fsp3) is 0.0385. The minimum Gasteiger partial charge on any atom is -0.423 e. The van der Waals surface area contributed by atoms with E-state index in [0.29, 0.717) is 11.3 Å². The minimum absolute atomic E-state index is 0.379. The summed E-state index contributed by atoms with van der Waals surface area (Å²) in [5.41, 5.74) is 4.65. The predicted octanol–water partition coefficient (Wildman–Crippen LogP) is 7.93. The zero-order valence-corrected chi connectivity index (χ0v) is 18.0. The molecule has 2 heterocycles. The van der Waals surface area contributed by atoms with Crippen LogP contribution in [0.15, 0.2) is 89.6 Å². The lowest BCUT2D eigenvalue weighted by molar-refractivity contribution is -0.130. The third-order valence-electron chi connectivity index (χ3n) is 5.09. The normalized spacial score (nSPS) is 11.1. The Balaban J connectivity index is 1.72. The van der Waals surface area contributed by atoms with E-state index in [1.165, 1.54) is 20.3 Å². The molecule has 146 valence electrons. The van der Waals surface area contributed by atoms with Gasteiger partial charge < -0.3 is 4.74 Å². The minimum atomic E-state index is -0.412. The summed E-state index contributed by atoms with van der Waals surface area (Å²) in [7, 11) is 0. The molecule has 0 saturated heterocycles. The van der Waals surface area contributed by atoms with E-state index < -0.39 is 5.97 Å². The average Bonchev–Trinajstić information content (AvgIpc) is 3.38. The van der Waals surface area contributed by atoms with Crippen LogP contribution in [0, 0.1) is 0 Å². The molecule has 0 atom stereocenters. The van der Waals surface area contributed by atoms with E-state index in [0.717, 1.165) is 22.1 Å². The molecule has 0 saturated carbocycles. The van der Waals surface area contributed by atoms with Crippen molar-refractivity contribution in [3.8, 4) is 28.0 Å². The molecule has 0 amide bonds. The van der Waals surface area contributed by atoms with Gasteiger partial charge >= 0.3 is 5.97 Å². The second-order valence-electron chi connectivity index (χ2n) is 7.17. The third kappa shape index (κ3) is 3.24. The summed E-state index contributed by atoms with van der Waals surface area (Å²) in [6.07, 6.45) is 0. The summed E-state index contributed by atoms with van der Waals surface area (Å²) in [4.78, 5) is 12.3. The van der Waals surface area contributed by atoms with Gasteiger partial charge in [-0.2, -0.15) is 0 Å². The quantitative estimate of drug-likeness (QED) is 0.166. The Bertz CT molecular complexity index is 1420. The lowest BCUT2D eigenvalue weighted by Crippen LogP contribution is -2.09. The molecule has 0 unspecified atom stereocenters. The summed E-state index contributed by atoms with van der Waals surface area (Å²) in [6, 6.07) is 22.8. The monoisotopic (exact) mass is 426 g/mol. The number of thiophene rings is 2. The maximum Gasteiger partial charge on any atom is 0.338 e. The number of carbonyl (C=O) groups excluding carboxylic acids is 1. The summed E-state index contributed by atoms with van der Waals surface area (Å²) >= 11 is 3.43.